The number of phenols is 1. The summed E-state index contributed by atoms with van der Waals surface area (Å²) in [6, 6.07) is 30.4. The fraction of sp³-hybridized carbons (Fsp3) is 0.333. The molecule has 0 fully saturated rings. The zero-order valence-electron chi connectivity index (χ0n) is 26.2. The Hall–Kier alpha value is -3.33. The standard InChI is InChI=1S/C14H14N2.C13H16N2.C9H13NO2.3ClH/c1-2-7-13-11(4-1)5-3-6-12(13)10-14-15-8-9-16-14;1-2-6-11-10(4-1)5-3-7-12(11)13-14-8-9-15-13;1-10-6-9(12)7-3-2-4-8(11)5-7;;;/h1-7H,8-10H2,(H,15,16);1-2,4,6,12H,3,5,7-9H2,(H,14,15);2-5,9-12H,6H2,1H3;3*1H/t;;9-;;;/m..0.../s1. The summed E-state index contributed by atoms with van der Waals surface area (Å²) in [4.78, 5) is 9.01. The molecule has 0 amide bonds. The molecular weight excluding hydrogens is 641 g/mol. The number of aliphatic hydroxyl groups is 1. The van der Waals surface area contributed by atoms with Gasteiger partial charge < -0.3 is 26.2 Å². The van der Waals surface area contributed by atoms with Crippen molar-refractivity contribution in [2.24, 2.45) is 9.98 Å². The molecule has 0 saturated carbocycles. The molecule has 0 spiro atoms. The van der Waals surface area contributed by atoms with Crippen LogP contribution in [0.5, 0.6) is 5.75 Å². The summed E-state index contributed by atoms with van der Waals surface area (Å²) in [5, 5.41) is 30.8. The highest BCUT2D eigenvalue weighted by atomic mass is 35.5. The van der Waals surface area contributed by atoms with Gasteiger partial charge in [-0.15, -0.1) is 37.2 Å². The molecule has 0 bridgehead atoms. The van der Waals surface area contributed by atoms with E-state index < -0.39 is 6.10 Å². The Morgan fingerprint density at radius 3 is 2.30 bits per heavy atom. The molecule has 2 aliphatic heterocycles. The van der Waals surface area contributed by atoms with Gasteiger partial charge in [-0.2, -0.15) is 0 Å². The zero-order valence-corrected chi connectivity index (χ0v) is 28.6. The van der Waals surface area contributed by atoms with Crippen LogP contribution in [0.1, 0.15) is 47.1 Å². The molecule has 3 aliphatic rings. The number of aryl methyl sites for hydroxylation is 1. The van der Waals surface area contributed by atoms with Crippen LogP contribution < -0.4 is 16.0 Å². The van der Waals surface area contributed by atoms with Crippen molar-refractivity contribution in [2.45, 2.75) is 37.7 Å². The predicted octanol–water partition coefficient (Wildman–Crippen LogP) is 6.40. The van der Waals surface area contributed by atoms with Crippen molar-refractivity contribution >= 4 is 59.7 Å². The number of phenolic OH excluding ortho intramolecular Hbond substituents is 1. The second kappa shape index (κ2) is 20.0. The van der Waals surface area contributed by atoms with Crippen molar-refractivity contribution in [3.63, 3.8) is 0 Å². The number of hydrogen-bond acceptors (Lipinski definition) is 7. The van der Waals surface area contributed by atoms with Crippen LogP contribution in [0, 0.1) is 0 Å². The van der Waals surface area contributed by atoms with Gasteiger partial charge in [0.1, 0.15) is 17.4 Å². The van der Waals surface area contributed by atoms with E-state index in [9.17, 15) is 5.11 Å². The molecule has 248 valence electrons. The van der Waals surface area contributed by atoms with Gasteiger partial charge in [0.25, 0.3) is 0 Å². The molecule has 7 rings (SSSR count). The number of likely N-dealkylation sites (N-methyl/N-ethyl adjacent to an activating group) is 1. The van der Waals surface area contributed by atoms with Gasteiger partial charge in [-0.3, -0.25) is 9.98 Å². The molecule has 4 aromatic carbocycles. The summed E-state index contributed by atoms with van der Waals surface area (Å²) in [7, 11) is 1.77. The lowest BCUT2D eigenvalue weighted by atomic mass is 9.82. The van der Waals surface area contributed by atoms with Crippen LogP contribution in [0.25, 0.3) is 10.8 Å². The Morgan fingerprint density at radius 1 is 0.848 bits per heavy atom. The number of aromatic hydroxyl groups is 1. The van der Waals surface area contributed by atoms with Gasteiger partial charge in [0, 0.05) is 32.0 Å². The van der Waals surface area contributed by atoms with Crippen LogP contribution in [0.15, 0.2) is 101 Å². The average Bonchev–Trinajstić information content (AvgIpc) is 3.77. The smallest absolute Gasteiger partial charge is 0.115 e. The number of hydrogen-bond donors (Lipinski definition) is 5. The maximum absolute atomic E-state index is 9.47. The first-order chi connectivity index (χ1) is 21.1. The van der Waals surface area contributed by atoms with Crippen molar-refractivity contribution in [1.29, 1.82) is 0 Å². The molecule has 4 aromatic rings. The molecule has 0 saturated heterocycles. The van der Waals surface area contributed by atoms with Crippen LogP contribution in [0.3, 0.4) is 0 Å². The molecule has 0 aromatic heterocycles. The van der Waals surface area contributed by atoms with E-state index in [4.69, 9.17) is 5.11 Å². The number of fused-ring (bicyclic) bond motifs is 2. The summed E-state index contributed by atoms with van der Waals surface area (Å²) in [6.45, 7) is 4.37. The number of nitrogens with zero attached hydrogens (tertiary/aromatic N) is 2. The minimum Gasteiger partial charge on any atom is -0.508 e. The van der Waals surface area contributed by atoms with Crippen molar-refractivity contribution in [1.82, 2.24) is 16.0 Å². The van der Waals surface area contributed by atoms with Gasteiger partial charge in [0.2, 0.25) is 0 Å². The van der Waals surface area contributed by atoms with E-state index in [0.29, 0.717) is 12.5 Å². The van der Waals surface area contributed by atoms with Gasteiger partial charge >= 0.3 is 0 Å². The van der Waals surface area contributed by atoms with E-state index in [-0.39, 0.29) is 43.0 Å². The van der Waals surface area contributed by atoms with Crippen LogP contribution >= 0.6 is 37.2 Å². The molecule has 10 heteroatoms. The van der Waals surface area contributed by atoms with Crippen LogP contribution in [0.4, 0.5) is 0 Å². The number of benzene rings is 4. The highest BCUT2D eigenvalue weighted by Crippen LogP contribution is 2.32. The lowest BCUT2D eigenvalue weighted by Gasteiger charge is -2.25. The lowest BCUT2D eigenvalue weighted by molar-refractivity contribution is 0.177. The van der Waals surface area contributed by atoms with Crippen molar-refractivity contribution in [3.8, 4) is 5.75 Å². The fourth-order valence-electron chi connectivity index (χ4n) is 5.92. The molecular formula is C36H46Cl3N5O2. The maximum atomic E-state index is 9.47. The van der Waals surface area contributed by atoms with Crippen LogP contribution in [0.2, 0.25) is 0 Å². The Morgan fingerprint density at radius 2 is 1.57 bits per heavy atom. The van der Waals surface area contributed by atoms with Crippen LogP contribution in [-0.2, 0) is 12.8 Å². The van der Waals surface area contributed by atoms with Gasteiger partial charge in [0.15, 0.2) is 0 Å². The first-order valence-corrected chi connectivity index (χ1v) is 15.3. The third-order valence-electron chi connectivity index (χ3n) is 8.03. The summed E-state index contributed by atoms with van der Waals surface area (Å²) < 4.78 is 0. The highest BCUT2D eigenvalue weighted by molar-refractivity contribution is 5.93. The number of nitrogens with one attached hydrogen (secondary N) is 3. The second-order valence-electron chi connectivity index (χ2n) is 11.1. The first-order valence-electron chi connectivity index (χ1n) is 15.3. The van der Waals surface area contributed by atoms with E-state index in [1.165, 1.54) is 52.6 Å². The molecule has 5 N–H and O–H groups in total. The lowest BCUT2D eigenvalue weighted by Crippen LogP contribution is -2.28. The molecule has 46 heavy (non-hydrogen) atoms. The van der Waals surface area contributed by atoms with Crippen molar-refractivity contribution in [2.75, 3.05) is 39.8 Å². The summed E-state index contributed by atoms with van der Waals surface area (Å²) in [6.07, 6.45) is 4.15. The minimum atomic E-state index is -0.554. The number of amidine groups is 2. The van der Waals surface area contributed by atoms with Crippen LogP contribution in [-0.4, -0.2) is 61.7 Å². The van der Waals surface area contributed by atoms with E-state index in [0.717, 1.165) is 44.0 Å². The van der Waals surface area contributed by atoms with Gasteiger partial charge in [-0.1, -0.05) is 78.9 Å². The average molecular weight is 687 g/mol. The van der Waals surface area contributed by atoms with Gasteiger partial charge in [0.05, 0.1) is 19.2 Å². The molecule has 0 radical (unpaired) electrons. The third kappa shape index (κ3) is 10.6. The Balaban J connectivity index is 0.000000235. The van der Waals surface area contributed by atoms with E-state index in [2.05, 4.69) is 92.7 Å². The predicted molar refractivity (Wildman–Crippen MR) is 199 cm³/mol. The number of aliphatic hydroxyl groups excluding tert-OH is 1. The van der Waals surface area contributed by atoms with Crippen molar-refractivity contribution < 1.29 is 10.2 Å². The largest absolute Gasteiger partial charge is 0.508 e. The Labute approximate surface area is 291 Å². The van der Waals surface area contributed by atoms with E-state index >= 15 is 0 Å². The topological polar surface area (TPSA) is 101 Å². The minimum absolute atomic E-state index is 0. The Bertz CT molecular complexity index is 1560. The molecule has 1 unspecified atom stereocenters. The summed E-state index contributed by atoms with van der Waals surface area (Å²) in [5.74, 6) is 3.07. The fourth-order valence-corrected chi connectivity index (χ4v) is 5.92. The summed E-state index contributed by atoms with van der Waals surface area (Å²) >= 11 is 0. The normalized spacial score (nSPS) is 16.4. The second-order valence-corrected chi connectivity index (χ2v) is 11.1. The van der Waals surface area contributed by atoms with E-state index in [1.54, 1.807) is 31.3 Å². The van der Waals surface area contributed by atoms with E-state index in [1.807, 2.05) is 0 Å². The monoisotopic (exact) mass is 685 g/mol. The van der Waals surface area contributed by atoms with Gasteiger partial charge in [-0.05, 0) is 71.5 Å². The highest BCUT2D eigenvalue weighted by Gasteiger charge is 2.25. The molecule has 1 aliphatic carbocycles. The quantitative estimate of drug-likeness (QED) is 0.162. The van der Waals surface area contributed by atoms with Gasteiger partial charge in [-0.25, -0.2) is 0 Å². The summed E-state index contributed by atoms with van der Waals surface area (Å²) in [5.41, 5.74) is 5.10. The Kier molecular flexibility index (Phi) is 16.9. The third-order valence-corrected chi connectivity index (χ3v) is 8.03. The number of halogens is 3. The van der Waals surface area contributed by atoms with Crippen molar-refractivity contribution in [3.05, 3.63) is 113 Å². The molecule has 7 nitrogen and oxygen atoms in total. The number of rotatable bonds is 6. The maximum Gasteiger partial charge on any atom is 0.115 e. The zero-order chi connectivity index (χ0) is 29.9. The molecule has 2 atom stereocenters. The SMILES string of the molecule is CNC[C@H](O)c1cccc(O)c1.Cl.Cl.Cl.c1ccc2c(CC3=NCCN3)cccc2c1.c1ccc2c(c1)CCCC2C1=NCCN1. The molecule has 2 heterocycles. The first kappa shape index (κ1) is 38.9. The number of aliphatic imine (C=N–C) groups is 2.